The Hall–Kier alpha value is -1.19. The van der Waals surface area contributed by atoms with Crippen molar-refractivity contribution in [3.8, 4) is 0 Å². The van der Waals surface area contributed by atoms with Crippen molar-refractivity contribution in [3.63, 3.8) is 0 Å². The molecule has 0 unspecified atom stereocenters. The molecule has 0 saturated heterocycles. The van der Waals surface area contributed by atoms with E-state index in [1.807, 2.05) is 30.3 Å². The lowest BCUT2D eigenvalue weighted by atomic mass is 10.3. The number of hydrogen-bond donors (Lipinski definition) is 1. The third kappa shape index (κ3) is 2.64. The van der Waals surface area contributed by atoms with E-state index in [1.54, 1.807) is 11.3 Å². The zero-order valence-electron chi connectivity index (χ0n) is 8.36. The van der Waals surface area contributed by atoms with Crippen LogP contribution < -0.4 is 5.32 Å². The van der Waals surface area contributed by atoms with Gasteiger partial charge in [-0.05, 0) is 36.1 Å². The van der Waals surface area contributed by atoms with Gasteiger partial charge in [-0.25, -0.2) is 0 Å². The van der Waals surface area contributed by atoms with Crippen LogP contribution in [0.4, 0.5) is 5.69 Å². The normalized spacial score (nSPS) is 9.93. The molecule has 3 heteroatoms. The molecule has 0 atom stereocenters. The number of thiocarbonyl (C=S) groups is 1. The van der Waals surface area contributed by atoms with Crippen molar-refractivity contribution in [2.24, 2.45) is 0 Å². The first-order valence-corrected chi connectivity index (χ1v) is 5.96. The molecule has 0 amide bonds. The van der Waals surface area contributed by atoms with Gasteiger partial charge in [-0.1, -0.05) is 30.4 Å². The van der Waals surface area contributed by atoms with E-state index in [-0.39, 0.29) is 0 Å². The van der Waals surface area contributed by atoms with E-state index in [9.17, 15) is 0 Å². The maximum Gasteiger partial charge on any atom is 0.121 e. The second kappa shape index (κ2) is 4.55. The molecular weight excluding hydrogens is 222 g/mol. The van der Waals surface area contributed by atoms with Gasteiger partial charge in [0.15, 0.2) is 0 Å². The maximum atomic E-state index is 5.32. The van der Waals surface area contributed by atoms with Crippen LogP contribution in [0.3, 0.4) is 0 Å². The number of thiophene rings is 1. The topological polar surface area (TPSA) is 12.0 Å². The van der Waals surface area contributed by atoms with E-state index < -0.39 is 0 Å². The summed E-state index contributed by atoms with van der Waals surface area (Å²) in [5, 5.41) is 5.32. The van der Waals surface area contributed by atoms with Gasteiger partial charge >= 0.3 is 0 Å². The summed E-state index contributed by atoms with van der Waals surface area (Å²) in [6.07, 6.45) is 0. The van der Waals surface area contributed by atoms with E-state index in [4.69, 9.17) is 12.2 Å². The Morgan fingerprint density at radius 2 is 2.00 bits per heavy atom. The van der Waals surface area contributed by atoms with Gasteiger partial charge in [0.25, 0.3) is 0 Å². The van der Waals surface area contributed by atoms with Crippen LogP contribution in [0.2, 0.25) is 0 Å². The van der Waals surface area contributed by atoms with Crippen LogP contribution in [-0.4, -0.2) is 4.99 Å². The molecule has 2 aromatic rings. The van der Waals surface area contributed by atoms with Gasteiger partial charge in [0.05, 0.1) is 4.88 Å². The maximum absolute atomic E-state index is 5.32. The molecule has 15 heavy (non-hydrogen) atoms. The average molecular weight is 233 g/mol. The number of aryl methyl sites for hydroxylation is 1. The molecule has 0 bridgehead atoms. The summed E-state index contributed by atoms with van der Waals surface area (Å²) in [5.41, 5.74) is 2.29. The predicted molar refractivity (Wildman–Crippen MR) is 70.8 cm³/mol. The summed E-state index contributed by atoms with van der Waals surface area (Å²) in [5.74, 6) is 0. The zero-order chi connectivity index (χ0) is 10.7. The fourth-order valence-electron chi connectivity index (χ4n) is 1.26. The highest BCUT2D eigenvalue weighted by atomic mass is 32.1. The van der Waals surface area contributed by atoms with Gasteiger partial charge in [-0.2, -0.15) is 0 Å². The molecule has 0 radical (unpaired) electrons. The predicted octanol–water partition coefficient (Wildman–Crippen LogP) is 3.84. The summed E-state index contributed by atoms with van der Waals surface area (Å²) >= 11 is 6.99. The third-order valence-electron chi connectivity index (χ3n) is 1.99. The van der Waals surface area contributed by atoms with Gasteiger partial charge in [0, 0.05) is 5.69 Å². The summed E-state index contributed by atoms with van der Waals surface area (Å²) in [4.78, 5) is 1.91. The average Bonchev–Trinajstić information content (AvgIpc) is 2.66. The Morgan fingerprint density at radius 1 is 1.27 bits per heavy atom. The molecule has 0 aliphatic rings. The summed E-state index contributed by atoms with van der Waals surface area (Å²) in [7, 11) is 0. The van der Waals surface area contributed by atoms with Crippen LogP contribution in [-0.2, 0) is 0 Å². The van der Waals surface area contributed by atoms with Crippen LogP contribution in [0.1, 0.15) is 10.4 Å². The number of anilines is 1. The Bertz CT molecular complexity index is 459. The molecular formula is C12H11NS2. The summed E-state index contributed by atoms with van der Waals surface area (Å²) < 4.78 is 0. The number of hydrogen-bond acceptors (Lipinski definition) is 2. The molecule has 76 valence electrons. The van der Waals surface area contributed by atoms with Crippen LogP contribution in [0.5, 0.6) is 0 Å². The quantitative estimate of drug-likeness (QED) is 0.791. The molecule has 0 aliphatic carbocycles. The fraction of sp³-hybridized carbons (Fsp3) is 0.0833. The molecule has 1 aromatic carbocycles. The highest BCUT2D eigenvalue weighted by Crippen LogP contribution is 2.16. The van der Waals surface area contributed by atoms with Gasteiger partial charge in [0.2, 0.25) is 0 Å². The van der Waals surface area contributed by atoms with Crippen molar-refractivity contribution in [3.05, 3.63) is 52.2 Å². The second-order valence-corrected chi connectivity index (χ2v) is 4.63. The van der Waals surface area contributed by atoms with E-state index in [0.717, 1.165) is 15.6 Å². The van der Waals surface area contributed by atoms with Crippen LogP contribution in [0, 0.1) is 6.92 Å². The Balaban J connectivity index is 2.11. The SMILES string of the molecule is Cc1csc(C(=S)Nc2ccccc2)c1. The Labute approximate surface area is 98.8 Å². The molecule has 0 spiro atoms. The van der Waals surface area contributed by atoms with Crippen LogP contribution >= 0.6 is 23.6 Å². The number of benzene rings is 1. The first-order chi connectivity index (χ1) is 7.25. The minimum atomic E-state index is 0.791. The van der Waals surface area contributed by atoms with Crippen LogP contribution in [0.15, 0.2) is 41.8 Å². The van der Waals surface area contributed by atoms with Crippen molar-refractivity contribution < 1.29 is 0 Å². The van der Waals surface area contributed by atoms with E-state index >= 15 is 0 Å². The lowest BCUT2D eigenvalue weighted by Crippen LogP contribution is -2.08. The molecule has 1 heterocycles. The number of nitrogens with one attached hydrogen (secondary N) is 1. The minimum absolute atomic E-state index is 0.791. The van der Waals surface area contributed by atoms with Crippen molar-refractivity contribution in [2.75, 3.05) is 5.32 Å². The monoisotopic (exact) mass is 233 g/mol. The Morgan fingerprint density at radius 3 is 2.60 bits per heavy atom. The Kier molecular flexibility index (Phi) is 3.14. The number of rotatable bonds is 2. The van der Waals surface area contributed by atoms with Crippen LogP contribution in [0.25, 0.3) is 0 Å². The van der Waals surface area contributed by atoms with E-state index in [2.05, 4.69) is 23.7 Å². The van der Waals surface area contributed by atoms with Crippen molar-refractivity contribution in [1.29, 1.82) is 0 Å². The standard InChI is InChI=1S/C12H11NS2/c1-9-7-11(15-8-9)12(14)13-10-5-3-2-4-6-10/h2-8H,1H3,(H,13,14). The van der Waals surface area contributed by atoms with E-state index in [1.165, 1.54) is 5.56 Å². The van der Waals surface area contributed by atoms with E-state index in [0.29, 0.717) is 0 Å². The van der Waals surface area contributed by atoms with Gasteiger partial charge in [-0.15, -0.1) is 11.3 Å². The fourth-order valence-corrected chi connectivity index (χ4v) is 2.38. The van der Waals surface area contributed by atoms with Gasteiger partial charge in [0.1, 0.15) is 4.99 Å². The first-order valence-electron chi connectivity index (χ1n) is 4.67. The van der Waals surface area contributed by atoms with Gasteiger partial charge < -0.3 is 5.32 Å². The van der Waals surface area contributed by atoms with Crippen molar-refractivity contribution in [1.82, 2.24) is 0 Å². The van der Waals surface area contributed by atoms with Crippen molar-refractivity contribution >= 4 is 34.2 Å². The van der Waals surface area contributed by atoms with Crippen molar-refractivity contribution in [2.45, 2.75) is 6.92 Å². The molecule has 1 N–H and O–H groups in total. The zero-order valence-corrected chi connectivity index (χ0v) is 9.99. The molecule has 2 rings (SSSR count). The highest BCUT2D eigenvalue weighted by molar-refractivity contribution is 7.81. The third-order valence-corrected chi connectivity index (χ3v) is 3.50. The number of para-hydroxylation sites is 1. The lowest BCUT2D eigenvalue weighted by molar-refractivity contribution is 1.55. The first kappa shape index (κ1) is 10.3. The molecule has 1 aromatic heterocycles. The molecule has 0 aliphatic heterocycles. The molecule has 1 nitrogen and oxygen atoms in total. The van der Waals surface area contributed by atoms with Gasteiger partial charge in [-0.3, -0.25) is 0 Å². The summed E-state index contributed by atoms with van der Waals surface area (Å²) in [6, 6.07) is 12.1. The largest absolute Gasteiger partial charge is 0.345 e. The second-order valence-electron chi connectivity index (χ2n) is 3.31. The minimum Gasteiger partial charge on any atom is -0.345 e. The lowest BCUT2D eigenvalue weighted by Gasteiger charge is -2.04. The molecule has 0 fully saturated rings. The molecule has 0 saturated carbocycles. The smallest absolute Gasteiger partial charge is 0.121 e. The summed E-state index contributed by atoms with van der Waals surface area (Å²) in [6.45, 7) is 2.07. The highest BCUT2D eigenvalue weighted by Gasteiger charge is 2.03.